The molecule has 0 fully saturated rings. The molecular formula is C9H6FNO2. The maximum Gasteiger partial charge on any atom is 0.155 e. The molecule has 0 saturated heterocycles. The van der Waals surface area contributed by atoms with Crippen LogP contribution in [0.1, 0.15) is 15.9 Å². The second-order valence-electron chi connectivity index (χ2n) is 2.28. The standard InChI is InChI=1S/C9H6FNO2/c1-13-8-3-2-6(5-12)9(10)7(8)4-11/h2-3,5H,1H3. The molecule has 0 aromatic heterocycles. The fourth-order valence-electron chi connectivity index (χ4n) is 0.940. The van der Waals surface area contributed by atoms with E-state index in [0.29, 0.717) is 6.29 Å². The first-order valence-corrected chi connectivity index (χ1v) is 3.46. The Morgan fingerprint density at radius 3 is 2.77 bits per heavy atom. The third kappa shape index (κ3) is 1.49. The minimum atomic E-state index is -0.836. The Kier molecular flexibility index (Phi) is 2.60. The maximum atomic E-state index is 13.2. The van der Waals surface area contributed by atoms with Gasteiger partial charge in [-0.2, -0.15) is 5.26 Å². The summed E-state index contributed by atoms with van der Waals surface area (Å²) in [4.78, 5) is 10.3. The number of benzene rings is 1. The van der Waals surface area contributed by atoms with Crippen molar-refractivity contribution in [1.29, 1.82) is 5.26 Å². The van der Waals surface area contributed by atoms with Crippen LogP contribution in [0, 0.1) is 17.1 Å². The molecule has 0 radical (unpaired) electrons. The van der Waals surface area contributed by atoms with Crippen LogP contribution < -0.4 is 4.74 Å². The molecule has 4 heteroatoms. The first-order chi connectivity index (χ1) is 6.24. The van der Waals surface area contributed by atoms with E-state index in [1.54, 1.807) is 6.07 Å². The molecule has 0 saturated carbocycles. The summed E-state index contributed by atoms with van der Waals surface area (Å²) in [5.41, 5.74) is -0.385. The summed E-state index contributed by atoms with van der Waals surface area (Å²) in [5, 5.41) is 8.56. The lowest BCUT2D eigenvalue weighted by atomic mass is 10.1. The fraction of sp³-hybridized carbons (Fsp3) is 0.111. The van der Waals surface area contributed by atoms with Crippen LogP contribution in [0.25, 0.3) is 0 Å². The van der Waals surface area contributed by atoms with Gasteiger partial charge in [-0.1, -0.05) is 0 Å². The SMILES string of the molecule is COc1ccc(C=O)c(F)c1C#N. The highest BCUT2D eigenvalue weighted by molar-refractivity contribution is 5.77. The van der Waals surface area contributed by atoms with Crippen LogP contribution in [-0.4, -0.2) is 13.4 Å². The fourth-order valence-corrected chi connectivity index (χ4v) is 0.940. The van der Waals surface area contributed by atoms with E-state index in [9.17, 15) is 9.18 Å². The summed E-state index contributed by atoms with van der Waals surface area (Å²) < 4.78 is 17.9. The van der Waals surface area contributed by atoms with Crippen LogP contribution in [0.3, 0.4) is 0 Å². The van der Waals surface area contributed by atoms with Gasteiger partial charge in [0.15, 0.2) is 12.1 Å². The molecule has 3 nitrogen and oxygen atoms in total. The van der Waals surface area contributed by atoms with Crippen molar-refractivity contribution in [2.75, 3.05) is 7.11 Å². The molecule has 0 N–H and O–H groups in total. The monoisotopic (exact) mass is 179 g/mol. The number of halogens is 1. The Morgan fingerprint density at radius 1 is 1.62 bits per heavy atom. The van der Waals surface area contributed by atoms with Crippen molar-refractivity contribution in [3.05, 3.63) is 29.1 Å². The van der Waals surface area contributed by atoms with Gasteiger partial charge in [0.1, 0.15) is 17.4 Å². The maximum absolute atomic E-state index is 13.2. The molecular weight excluding hydrogens is 173 g/mol. The third-order valence-electron chi connectivity index (χ3n) is 1.59. The Balaban J connectivity index is 3.42. The number of ether oxygens (including phenoxy) is 1. The number of hydrogen-bond donors (Lipinski definition) is 0. The van der Waals surface area contributed by atoms with Crippen LogP contribution in [-0.2, 0) is 0 Å². The van der Waals surface area contributed by atoms with Gasteiger partial charge in [-0.05, 0) is 12.1 Å². The first kappa shape index (κ1) is 9.20. The Morgan fingerprint density at radius 2 is 2.31 bits per heavy atom. The molecule has 1 aromatic rings. The van der Waals surface area contributed by atoms with Gasteiger partial charge in [-0.25, -0.2) is 4.39 Å². The average molecular weight is 179 g/mol. The Hall–Kier alpha value is -1.89. The molecule has 1 rings (SSSR count). The summed E-state index contributed by atoms with van der Waals surface area (Å²) in [5.74, 6) is -0.706. The zero-order valence-electron chi connectivity index (χ0n) is 6.87. The summed E-state index contributed by atoms with van der Waals surface area (Å²) >= 11 is 0. The minimum Gasteiger partial charge on any atom is -0.495 e. The van der Waals surface area contributed by atoms with Crippen LogP contribution in [0.4, 0.5) is 4.39 Å². The van der Waals surface area contributed by atoms with Crippen molar-refractivity contribution < 1.29 is 13.9 Å². The number of methoxy groups -OCH3 is 1. The number of hydrogen-bond acceptors (Lipinski definition) is 3. The van der Waals surface area contributed by atoms with E-state index in [4.69, 9.17) is 10.00 Å². The van der Waals surface area contributed by atoms with Gasteiger partial charge in [0.2, 0.25) is 0 Å². The minimum absolute atomic E-state index is 0.130. The van der Waals surface area contributed by atoms with Crippen LogP contribution >= 0.6 is 0 Å². The van der Waals surface area contributed by atoms with Gasteiger partial charge in [-0.15, -0.1) is 0 Å². The lowest BCUT2D eigenvalue weighted by Gasteiger charge is -2.03. The van der Waals surface area contributed by atoms with Crippen molar-refractivity contribution in [2.24, 2.45) is 0 Å². The van der Waals surface area contributed by atoms with Gasteiger partial charge < -0.3 is 4.74 Å². The van der Waals surface area contributed by atoms with Gasteiger partial charge >= 0.3 is 0 Å². The van der Waals surface area contributed by atoms with Crippen LogP contribution in [0.15, 0.2) is 12.1 Å². The average Bonchev–Trinajstić information content (AvgIpc) is 2.17. The molecule has 0 spiro atoms. The largest absolute Gasteiger partial charge is 0.495 e. The number of nitriles is 1. The lowest BCUT2D eigenvalue weighted by Crippen LogP contribution is -1.96. The second kappa shape index (κ2) is 3.68. The first-order valence-electron chi connectivity index (χ1n) is 3.46. The van der Waals surface area contributed by atoms with Crippen molar-refractivity contribution in [3.63, 3.8) is 0 Å². The van der Waals surface area contributed by atoms with Crippen molar-refractivity contribution in [1.82, 2.24) is 0 Å². The van der Waals surface area contributed by atoms with E-state index >= 15 is 0 Å². The van der Waals surface area contributed by atoms with E-state index in [1.807, 2.05) is 0 Å². The van der Waals surface area contributed by atoms with Crippen molar-refractivity contribution in [3.8, 4) is 11.8 Å². The molecule has 0 aliphatic carbocycles. The van der Waals surface area contributed by atoms with E-state index in [1.165, 1.54) is 19.2 Å². The number of aldehydes is 1. The highest BCUT2D eigenvalue weighted by Crippen LogP contribution is 2.22. The lowest BCUT2D eigenvalue weighted by molar-refractivity contribution is 0.111. The Bertz CT molecular complexity index is 382. The van der Waals surface area contributed by atoms with Gasteiger partial charge in [-0.3, -0.25) is 4.79 Å². The summed E-state index contributed by atoms with van der Waals surface area (Å²) in [6.45, 7) is 0. The van der Waals surface area contributed by atoms with E-state index < -0.39 is 5.82 Å². The summed E-state index contributed by atoms with van der Waals surface area (Å²) in [6, 6.07) is 4.28. The number of nitrogens with zero attached hydrogens (tertiary/aromatic N) is 1. The van der Waals surface area contributed by atoms with Crippen LogP contribution in [0.5, 0.6) is 5.75 Å². The zero-order chi connectivity index (χ0) is 9.84. The van der Waals surface area contributed by atoms with E-state index in [0.717, 1.165) is 0 Å². The van der Waals surface area contributed by atoms with Gasteiger partial charge in [0.05, 0.1) is 12.7 Å². The van der Waals surface area contributed by atoms with Crippen LogP contribution in [0.2, 0.25) is 0 Å². The molecule has 0 atom stereocenters. The normalized spacial score (nSPS) is 9.00. The molecule has 1 aromatic carbocycles. The molecule has 0 aliphatic rings. The molecule has 66 valence electrons. The predicted octanol–water partition coefficient (Wildman–Crippen LogP) is 1.52. The van der Waals surface area contributed by atoms with Crippen molar-refractivity contribution in [2.45, 2.75) is 0 Å². The summed E-state index contributed by atoms with van der Waals surface area (Å²) in [6.07, 6.45) is 0.357. The molecule has 0 unspecified atom stereocenters. The quantitative estimate of drug-likeness (QED) is 0.646. The highest BCUT2D eigenvalue weighted by atomic mass is 19.1. The third-order valence-corrected chi connectivity index (χ3v) is 1.59. The molecule has 0 bridgehead atoms. The molecule has 0 heterocycles. The number of carbonyl (C=O) groups is 1. The van der Waals surface area contributed by atoms with E-state index in [2.05, 4.69) is 0 Å². The molecule has 13 heavy (non-hydrogen) atoms. The molecule has 0 amide bonds. The second-order valence-corrected chi connectivity index (χ2v) is 2.28. The van der Waals surface area contributed by atoms with Gasteiger partial charge in [0, 0.05) is 0 Å². The molecule has 0 aliphatic heterocycles. The highest BCUT2D eigenvalue weighted by Gasteiger charge is 2.12. The number of carbonyl (C=O) groups excluding carboxylic acids is 1. The summed E-state index contributed by atoms with van der Waals surface area (Å²) in [7, 11) is 1.33. The van der Waals surface area contributed by atoms with Gasteiger partial charge in [0.25, 0.3) is 0 Å². The smallest absolute Gasteiger partial charge is 0.155 e. The number of rotatable bonds is 2. The topological polar surface area (TPSA) is 50.1 Å². The zero-order valence-corrected chi connectivity index (χ0v) is 6.87. The van der Waals surface area contributed by atoms with E-state index in [-0.39, 0.29) is 16.9 Å². The Labute approximate surface area is 74.4 Å². The predicted molar refractivity (Wildman–Crippen MR) is 43.1 cm³/mol. The van der Waals surface area contributed by atoms with Crippen molar-refractivity contribution >= 4 is 6.29 Å².